The number of halogens is 1. The van der Waals surface area contributed by atoms with E-state index in [0.29, 0.717) is 6.61 Å². The summed E-state index contributed by atoms with van der Waals surface area (Å²) in [6, 6.07) is 14.5. The second kappa shape index (κ2) is 6.12. The van der Waals surface area contributed by atoms with Crippen molar-refractivity contribution in [1.82, 2.24) is 4.98 Å². The van der Waals surface area contributed by atoms with Crippen molar-refractivity contribution in [2.24, 2.45) is 0 Å². The predicted octanol–water partition coefficient (Wildman–Crippen LogP) is 3.89. The fourth-order valence-corrected chi connectivity index (χ4v) is 2.24. The maximum atomic E-state index is 5.28. The Balaban J connectivity index is 2.35. The van der Waals surface area contributed by atoms with Gasteiger partial charge in [-0.2, -0.15) is 0 Å². The Kier molecular flexibility index (Phi) is 4.50. The first-order valence-corrected chi connectivity index (χ1v) is 6.40. The van der Waals surface area contributed by atoms with Crippen molar-refractivity contribution in [2.75, 3.05) is 6.61 Å². The Bertz CT molecular complexity index is 473. The highest BCUT2D eigenvalue weighted by Gasteiger charge is 2.15. The molecule has 1 heterocycles. The molecule has 0 saturated carbocycles. The smallest absolute Gasteiger partial charge is 0.109 e. The zero-order valence-electron chi connectivity index (χ0n) is 9.64. The summed E-state index contributed by atoms with van der Waals surface area (Å²) in [5.74, 6) is 0.202. The lowest BCUT2D eigenvalue weighted by Crippen LogP contribution is -2.08. The van der Waals surface area contributed by atoms with Crippen LogP contribution in [0.4, 0.5) is 0 Å². The van der Waals surface area contributed by atoms with Crippen LogP contribution in [-0.4, -0.2) is 11.6 Å². The molecule has 0 fully saturated rings. The van der Waals surface area contributed by atoms with Crippen LogP contribution in [0.2, 0.25) is 0 Å². The molecule has 1 aromatic heterocycles. The summed E-state index contributed by atoms with van der Waals surface area (Å²) in [7, 11) is 0. The number of nitrogens with zero attached hydrogens (tertiary/aromatic N) is 1. The predicted molar refractivity (Wildman–Crippen MR) is 77.2 cm³/mol. The van der Waals surface area contributed by atoms with Crippen molar-refractivity contribution in [2.45, 2.75) is 12.8 Å². The van der Waals surface area contributed by atoms with Gasteiger partial charge in [-0.15, -0.1) is 0 Å². The van der Waals surface area contributed by atoms with Gasteiger partial charge in [-0.3, -0.25) is 4.98 Å². The summed E-state index contributed by atoms with van der Waals surface area (Å²) in [5, 5.41) is 0. The summed E-state index contributed by atoms with van der Waals surface area (Å²) in [4.78, 5) is 4.42. The van der Waals surface area contributed by atoms with Crippen molar-refractivity contribution in [1.29, 1.82) is 0 Å². The van der Waals surface area contributed by atoms with Gasteiger partial charge in [0.05, 0.1) is 18.2 Å². The minimum Gasteiger partial charge on any atom is -0.315 e. The van der Waals surface area contributed by atoms with E-state index in [1.165, 1.54) is 11.1 Å². The first-order valence-electron chi connectivity index (χ1n) is 5.52. The molecule has 1 aromatic carbocycles. The van der Waals surface area contributed by atoms with Crippen LogP contribution in [0.5, 0.6) is 0 Å². The van der Waals surface area contributed by atoms with Gasteiger partial charge in [0, 0.05) is 6.20 Å². The van der Waals surface area contributed by atoms with Crippen LogP contribution in [-0.2, 0) is 3.07 Å². The first kappa shape index (κ1) is 12.5. The molecule has 2 rings (SSSR count). The Morgan fingerprint density at radius 1 is 1.24 bits per heavy atom. The van der Waals surface area contributed by atoms with Gasteiger partial charge in [0.25, 0.3) is 0 Å². The normalized spacial score (nSPS) is 12.4. The third-order valence-corrected chi connectivity index (χ3v) is 3.08. The van der Waals surface area contributed by atoms with Gasteiger partial charge in [0.1, 0.15) is 23.0 Å². The maximum absolute atomic E-state index is 5.28. The van der Waals surface area contributed by atoms with E-state index in [-0.39, 0.29) is 5.92 Å². The highest BCUT2D eigenvalue weighted by Crippen LogP contribution is 2.24. The second-order valence-electron chi connectivity index (χ2n) is 4.00. The average Bonchev–Trinajstić information content (AvgIpc) is 2.37. The molecule has 0 spiro atoms. The molecule has 1 atom stereocenters. The van der Waals surface area contributed by atoms with E-state index in [1.54, 1.807) is 0 Å². The van der Waals surface area contributed by atoms with E-state index < -0.39 is 0 Å². The van der Waals surface area contributed by atoms with Gasteiger partial charge in [-0.05, 0) is 24.6 Å². The highest BCUT2D eigenvalue weighted by atomic mass is 127. The average molecular weight is 339 g/mol. The van der Waals surface area contributed by atoms with Crippen molar-refractivity contribution in [3.63, 3.8) is 0 Å². The van der Waals surface area contributed by atoms with Crippen molar-refractivity contribution >= 4 is 23.0 Å². The molecular formula is C14H14INO. The molecular weight excluding hydrogens is 325 g/mol. The van der Waals surface area contributed by atoms with Gasteiger partial charge in [0.15, 0.2) is 0 Å². The first-order chi connectivity index (χ1) is 8.31. The minimum absolute atomic E-state index is 0.202. The highest BCUT2D eigenvalue weighted by molar-refractivity contribution is 14.1. The van der Waals surface area contributed by atoms with E-state index >= 15 is 0 Å². The number of hydrogen-bond acceptors (Lipinski definition) is 2. The molecule has 17 heavy (non-hydrogen) atoms. The number of hydrogen-bond donors (Lipinski definition) is 0. The molecule has 88 valence electrons. The van der Waals surface area contributed by atoms with Crippen LogP contribution < -0.4 is 0 Å². The summed E-state index contributed by atoms with van der Waals surface area (Å²) in [5.41, 5.74) is 3.56. The molecule has 0 aliphatic carbocycles. The summed E-state index contributed by atoms with van der Waals surface area (Å²) in [6.45, 7) is 2.74. The topological polar surface area (TPSA) is 22.1 Å². The Morgan fingerprint density at radius 3 is 2.76 bits per heavy atom. The Morgan fingerprint density at radius 2 is 2.12 bits per heavy atom. The van der Waals surface area contributed by atoms with Gasteiger partial charge < -0.3 is 3.07 Å². The minimum atomic E-state index is 0.202. The number of pyridine rings is 1. The van der Waals surface area contributed by atoms with Gasteiger partial charge in [0.2, 0.25) is 0 Å². The molecule has 0 aliphatic heterocycles. The standard InChI is InChI=1S/C14H14INO/c1-11-5-4-6-12(9-11)13(10-17-15)14-7-2-3-8-16-14/h2-9,13H,10H2,1H3. The third-order valence-electron chi connectivity index (χ3n) is 2.72. The van der Waals surface area contributed by atoms with Crippen LogP contribution in [0.3, 0.4) is 0 Å². The molecule has 2 nitrogen and oxygen atoms in total. The van der Waals surface area contributed by atoms with Gasteiger partial charge in [-0.25, -0.2) is 0 Å². The molecule has 0 radical (unpaired) electrons. The molecule has 2 aromatic rings. The van der Waals surface area contributed by atoms with Gasteiger partial charge in [-0.1, -0.05) is 35.9 Å². The van der Waals surface area contributed by atoms with Crippen LogP contribution >= 0.6 is 23.0 Å². The van der Waals surface area contributed by atoms with Crippen molar-refractivity contribution < 1.29 is 3.07 Å². The number of rotatable bonds is 4. The Hall–Kier alpha value is -0.940. The van der Waals surface area contributed by atoms with Crippen LogP contribution in [0.15, 0.2) is 48.7 Å². The zero-order chi connectivity index (χ0) is 12.1. The summed E-state index contributed by atoms with van der Waals surface area (Å²) < 4.78 is 5.28. The van der Waals surface area contributed by atoms with Crippen LogP contribution in [0, 0.1) is 6.92 Å². The monoisotopic (exact) mass is 339 g/mol. The summed E-state index contributed by atoms with van der Waals surface area (Å²) in [6.07, 6.45) is 1.82. The zero-order valence-corrected chi connectivity index (χ0v) is 11.8. The van der Waals surface area contributed by atoms with Crippen LogP contribution in [0.25, 0.3) is 0 Å². The van der Waals surface area contributed by atoms with E-state index in [9.17, 15) is 0 Å². The third kappa shape index (κ3) is 3.26. The molecule has 3 heteroatoms. The van der Waals surface area contributed by atoms with Gasteiger partial charge >= 0.3 is 0 Å². The molecule has 0 saturated heterocycles. The lowest BCUT2D eigenvalue weighted by molar-refractivity contribution is 0.400. The maximum Gasteiger partial charge on any atom is 0.109 e. The van der Waals surface area contributed by atoms with Crippen molar-refractivity contribution in [3.05, 3.63) is 65.5 Å². The molecule has 0 amide bonds. The van der Waals surface area contributed by atoms with E-state index in [1.807, 2.05) is 47.4 Å². The molecule has 0 bridgehead atoms. The Labute approximate surface area is 116 Å². The fourth-order valence-electron chi connectivity index (χ4n) is 1.88. The number of aromatic nitrogens is 1. The molecule has 0 N–H and O–H groups in total. The fraction of sp³-hybridized carbons (Fsp3) is 0.214. The van der Waals surface area contributed by atoms with Crippen molar-refractivity contribution in [3.8, 4) is 0 Å². The van der Waals surface area contributed by atoms with E-state index in [4.69, 9.17) is 3.07 Å². The second-order valence-corrected chi connectivity index (χ2v) is 4.62. The van der Waals surface area contributed by atoms with Crippen LogP contribution in [0.1, 0.15) is 22.7 Å². The number of benzene rings is 1. The lowest BCUT2D eigenvalue weighted by atomic mass is 9.95. The van der Waals surface area contributed by atoms with E-state index in [0.717, 1.165) is 5.69 Å². The quantitative estimate of drug-likeness (QED) is 0.789. The molecule has 0 aliphatic rings. The SMILES string of the molecule is Cc1cccc(C(COI)c2ccccn2)c1. The molecule has 1 unspecified atom stereocenters. The van der Waals surface area contributed by atoms with E-state index in [2.05, 4.69) is 36.2 Å². The summed E-state index contributed by atoms with van der Waals surface area (Å²) >= 11 is 1.94. The number of aryl methyl sites for hydroxylation is 1. The lowest BCUT2D eigenvalue weighted by Gasteiger charge is -2.15. The largest absolute Gasteiger partial charge is 0.315 e.